The molecule has 0 aromatic heterocycles. The Hall–Kier alpha value is -1.55. The molecule has 4 nitrogen and oxygen atoms in total. The molecule has 0 spiro atoms. The van der Waals surface area contributed by atoms with E-state index in [-0.39, 0.29) is 12.6 Å². The molecule has 4 heteroatoms. The van der Waals surface area contributed by atoms with Crippen LogP contribution >= 0.6 is 0 Å². The Morgan fingerprint density at radius 1 is 1.25 bits per heavy atom. The van der Waals surface area contributed by atoms with Crippen LogP contribution in [0, 0.1) is 13.8 Å². The fourth-order valence-corrected chi connectivity index (χ4v) is 1.50. The van der Waals surface area contributed by atoms with Gasteiger partial charge in [0, 0.05) is 18.8 Å². The number of carbonyl (C=O) groups excluding carboxylic acids is 1. The Balaban J connectivity index is 2.49. The van der Waals surface area contributed by atoms with Gasteiger partial charge >= 0.3 is 6.03 Å². The molecule has 0 saturated carbocycles. The molecule has 2 amide bonds. The minimum absolute atomic E-state index is 0.0871. The average Bonchev–Trinajstić information content (AvgIpc) is 2.16. The monoisotopic (exact) mass is 222 g/mol. The maximum absolute atomic E-state index is 11.4. The van der Waals surface area contributed by atoms with Crippen molar-refractivity contribution < 1.29 is 9.90 Å². The molecular formula is C12H18N2O2. The largest absolute Gasteiger partial charge is 0.396 e. The van der Waals surface area contributed by atoms with E-state index in [4.69, 9.17) is 5.11 Å². The quantitative estimate of drug-likeness (QED) is 0.680. The molecule has 0 aliphatic rings. The van der Waals surface area contributed by atoms with Crippen LogP contribution in [0.3, 0.4) is 0 Å². The second-order valence-corrected chi connectivity index (χ2v) is 3.83. The third kappa shape index (κ3) is 4.31. The lowest BCUT2D eigenvalue weighted by Crippen LogP contribution is -2.29. The van der Waals surface area contributed by atoms with Gasteiger partial charge in [-0.1, -0.05) is 6.07 Å². The first-order valence-electron chi connectivity index (χ1n) is 5.36. The molecule has 0 bridgehead atoms. The summed E-state index contributed by atoms with van der Waals surface area (Å²) in [5, 5.41) is 14.0. The maximum atomic E-state index is 11.4. The lowest BCUT2D eigenvalue weighted by molar-refractivity contribution is 0.249. The smallest absolute Gasteiger partial charge is 0.319 e. The molecule has 0 unspecified atom stereocenters. The minimum Gasteiger partial charge on any atom is -0.396 e. The second kappa shape index (κ2) is 6.12. The molecule has 0 radical (unpaired) electrons. The first-order chi connectivity index (χ1) is 7.61. The Labute approximate surface area is 95.7 Å². The predicted octanol–water partition coefficient (Wildman–Crippen LogP) is 1.81. The summed E-state index contributed by atoms with van der Waals surface area (Å²) < 4.78 is 0. The number of urea groups is 1. The van der Waals surface area contributed by atoms with Gasteiger partial charge in [-0.15, -0.1) is 0 Å². The van der Waals surface area contributed by atoms with Crippen molar-refractivity contribution in [3.8, 4) is 0 Å². The Bertz CT molecular complexity index is 344. The van der Waals surface area contributed by atoms with Crippen LogP contribution in [0.25, 0.3) is 0 Å². The highest BCUT2D eigenvalue weighted by Crippen LogP contribution is 2.13. The number of aliphatic hydroxyl groups is 1. The number of aryl methyl sites for hydroxylation is 2. The normalized spacial score (nSPS) is 9.94. The Kier molecular flexibility index (Phi) is 4.79. The lowest BCUT2D eigenvalue weighted by Gasteiger charge is -2.08. The molecule has 1 aromatic carbocycles. The molecule has 0 atom stereocenters. The Morgan fingerprint density at radius 3 is 2.44 bits per heavy atom. The second-order valence-electron chi connectivity index (χ2n) is 3.83. The molecule has 0 aliphatic heterocycles. The van der Waals surface area contributed by atoms with Crippen molar-refractivity contribution in [1.82, 2.24) is 5.32 Å². The number of anilines is 1. The SMILES string of the molecule is Cc1cc(C)cc(NC(=O)NCCCO)c1. The number of nitrogens with one attached hydrogen (secondary N) is 2. The van der Waals surface area contributed by atoms with E-state index >= 15 is 0 Å². The van der Waals surface area contributed by atoms with Crippen molar-refractivity contribution >= 4 is 11.7 Å². The maximum Gasteiger partial charge on any atom is 0.319 e. The third-order valence-corrected chi connectivity index (χ3v) is 2.10. The van der Waals surface area contributed by atoms with Gasteiger partial charge in [0.25, 0.3) is 0 Å². The van der Waals surface area contributed by atoms with Crippen molar-refractivity contribution in [3.63, 3.8) is 0 Å². The van der Waals surface area contributed by atoms with Crippen LogP contribution in [-0.2, 0) is 0 Å². The van der Waals surface area contributed by atoms with E-state index < -0.39 is 0 Å². The highest BCUT2D eigenvalue weighted by atomic mass is 16.3. The fourth-order valence-electron chi connectivity index (χ4n) is 1.50. The van der Waals surface area contributed by atoms with E-state index in [1.165, 1.54) is 0 Å². The number of benzene rings is 1. The van der Waals surface area contributed by atoms with E-state index in [9.17, 15) is 4.79 Å². The van der Waals surface area contributed by atoms with E-state index in [1.54, 1.807) is 0 Å². The van der Waals surface area contributed by atoms with E-state index in [1.807, 2.05) is 26.0 Å². The summed E-state index contributed by atoms with van der Waals surface area (Å²) in [7, 11) is 0. The van der Waals surface area contributed by atoms with Gasteiger partial charge < -0.3 is 15.7 Å². The van der Waals surface area contributed by atoms with Crippen molar-refractivity contribution in [1.29, 1.82) is 0 Å². The molecule has 0 heterocycles. The van der Waals surface area contributed by atoms with Crippen molar-refractivity contribution in [3.05, 3.63) is 29.3 Å². The molecular weight excluding hydrogens is 204 g/mol. The van der Waals surface area contributed by atoms with Crippen LogP contribution in [-0.4, -0.2) is 24.3 Å². The molecule has 0 aliphatic carbocycles. The summed E-state index contributed by atoms with van der Waals surface area (Å²) in [5.74, 6) is 0. The third-order valence-electron chi connectivity index (χ3n) is 2.10. The van der Waals surface area contributed by atoms with Gasteiger partial charge in [-0.25, -0.2) is 4.79 Å². The summed E-state index contributed by atoms with van der Waals surface area (Å²) in [6, 6.07) is 5.64. The number of amides is 2. The molecule has 16 heavy (non-hydrogen) atoms. The highest BCUT2D eigenvalue weighted by molar-refractivity contribution is 5.89. The van der Waals surface area contributed by atoms with Crippen LogP contribution in [0.15, 0.2) is 18.2 Å². The number of aliphatic hydroxyl groups excluding tert-OH is 1. The van der Waals surface area contributed by atoms with Crippen LogP contribution in [0.2, 0.25) is 0 Å². The van der Waals surface area contributed by atoms with Gasteiger partial charge in [0.1, 0.15) is 0 Å². The topological polar surface area (TPSA) is 61.4 Å². The van der Waals surface area contributed by atoms with E-state index in [0.29, 0.717) is 13.0 Å². The zero-order chi connectivity index (χ0) is 12.0. The zero-order valence-corrected chi connectivity index (χ0v) is 9.71. The number of hydrogen-bond acceptors (Lipinski definition) is 2. The van der Waals surface area contributed by atoms with Gasteiger partial charge in [-0.2, -0.15) is 0 Å². The van der Waals surface area contributed by atoms with Crippen LogP contribution in [0.1, 0.15) is 17.5 Å². The van der Waals surface area contributed by atoms with Gasteiger partial charge in [0.05, 0.1) is 0 Å². The number of rotatable bonds is 4. The van der Waals surface area contributed by atoms with Gasteiger partial charge in [0.2, 0.25) is 0 Å². The fraction of sp³-hybridized carbons (Fsp3) is 0.417. The first-order valence-corrected chi connectivity index (χ1v) is 5.36. The predicted molar refractivity (Wildman–Crippen MR) is 64.6 cm³/mol. The van der Waals surface area contributed by atoms with Gasteiger partial charge in [-0.3, -0.25) is 0 Å². The van der Waals surface area contributed by atoms with Gasteiger partial charge in [-0.05, 0) is 43.5 Å². The van der Waals surface area contributed by atoms with Gasteiger partial charge in [0.15, 0.2) is 0 Å². The summed E-state index contributed by atoms with van der Waals surface area (Å²) in [4.78, 5) is 11.4. The molecule has 88 valence electrons. The van der Waals surface area contributed by atoms with Crippen molar-refractivity contribution in [2.75, 3.05) is 18.5 Å². The van der Waals surface area contributed by atoms with Crippen LogP contribution < -0.4 is 10.6 Å². The first kappa shape index (κ1) is 12.5. The number of carbonyl (C=O) groups is 1. The number of hydrogen-bond donors (Lipinski definition) is 3. The van der Waals surface area contributed by atoms with Crippen LogP contribution in [0.5, 0.6) is 0 Å². The standard InChI is InChI=1S/C12H18N2O2/c1-9-6-10(2)8-11(7-9)14-12(16)13-4-3-5-15/h6-8,15H,3-5H2,1-2H3,(H2,13,14,16). The molecule has 1 aromatic rings. The minimum atomic E-state index is -0.238. The van der Waals surface area contributed by atoms with Crippen molar-refractivity contribution in [2.24, 2.45) is 0 Å². The zero-order valence-electron chi connectivity index (χ0n) is 9.71. The van der Waals surface area contributed by atoms with Crippen LogP contribution in [0.4, 0.5) is 10.5 Å². The molecule has 0 fully saturated rings. The van der Waals surface area contributed by atoms with Crippen molar-refractivity contribution in [2.45, 2.75) is 20.3 Å². The van der Waals surface area contributed by atoms with E-state index in [2.05, 4.69) is 16.7 Å². The summed E-state index contributed by atoms with van der Waals surface area (Å²) in [6.07, 6.45) is 0.570. The molecule has 1 rings (SSSR count). The average molecular weight is 222 g/mol. The Morgan fingerprint density at radius 2 is 1.88 bits per heavy atom. The summed E-state index contributed by atoms with van der Waals surface area (Å²) >= 11 is 0. The molecule has 3 N–H and O–H groups in total. The molecule has 0 saturated heterocycles. The summed E-state index contributed by atoms with van der Waals surface area (Å²) in [5.41, 5.74) is 3.02. The lowest BCUT2D eigenvalue weighted by atomic mass is 10.1. The van der Waals surface area contributed by atoms with E-state index in [0.717, 1.165) is 16.8 Å². The highest BCUT2D eigenvalue weighted by Gasteiger charge is 2.01. The summed E-state index contributed by atoms with van der Waals surface area (Å²) in [6.45, 7) is 4.54.